The summed E-state index contributed by atoms with van der Waals surface area (Å²) in [7, 11) is 0. The third-order valence-corrected chi connectivity index (χ3v) is 6.07. The molecule has 1 heterocycles. The van der Waals surface area contributed by atoms with Crippen LogP contribution in [-0.2, 0) is 17.5 Å². The molecule has 200 valence electrons. The molecule has 37 heavy (non-hydrogen) atoms. The molecular weight excluding hydrogens is 526 g/mol. The van der Waals surface area contributed by atoms with E-state index in [1.54, 1.807) is 12.4 Å². The van der Waals surface area contributed by atoms with Crippen LogP contribution in [0.25, 0.3) is 10.8 Å². The number of ether oxygens (including phenoxy) is 1. The Morgan fingerprint density at radius 2 is 1.62 bits per heavy atom. The number of nitrogens with one attached hydrogen (secondary N) is 1. The first-order valence-electron chi connectivity index (χ1n) is 11.2. The molecule has 2 aromatic carbocycles. The summed E-state index contributed by atoms with van der Waals surface area (Å²) in [5, 5.41) is 13.2. The highest BCUT2D eigenvalue weighted by Crippen LogP contribution is 2.33. The molecule has 1 aliphatic carbocycles. The number of aromatic nitrogens is 1. The zero-order valence-corrected chi connectivity index (χ0v) is 20.0. The number of carboxylic acids is 1. The van der Waals surface area contributed by atoms with Crippen LogP contribution in [-0.4, -0.2) is 34.4 Å². The molecule has 2 N–H and O–H groups in total. The van der Waals surface area contributed by atoms with Gasteiger partial charge in [-0.05, 0) is 67.0 Å². The second kappa shape index (κ2) is 12.0. The third kappa shape index (κ3) is 8.50. The van der Waals surface area contributed by atoms with Crippen molar-refractivity contribution in [3.8, 4) is 5.75 Å². The summed E-state index contributed by atoms with van der Waals surface area (Å²) < 4.78 is 75.9. The topological polar surface area (TPSA) is 71.5 Å². The van der Waals surface area contributed by atoms with E-state index >= 15 is 0 Å². The fourth-order valence-electron chi connectivity index (χ4n) is 3.82. The van der Waals surface area contributed by atoms with Gasteiger partial charge in [0.2, 0.25) is 0 Å². The van der Waals surface area contributed by atoms with Crippen LogP contribution < -0.4 is 10.1 Å². The molecule has 12 heteroatoms. The van der Waals surface area contributed by atoms with E-state index in [4.69, 9.17) is 26.2 Å². The number of aliphatic carboxylic acids is 1. The van der Waals surface area contributed by atoms with E-state index in [0.29, 0.717) is 23.4 Å². The molecule has 0 spiro atoms. The summed E-state index contributed by atoms with van der Waals surface area (Å²) in [6.45, 7) is 0.554. The highest BCUT2D eigenvalue weighted by molar-refractivity contribution is 6.32. The van der Waals surface area contributed by atoms with Crippen molar-refractivity contribution < 1.29 is 41.0 Å². The Kier molecular flexibility index (Phi) is 9.25. The first kappa shape index (κ1) is 28.5. The summed E-state index contributed by atoms with van der Waals surface area (Å²) in [5.74, 6) is -2.07. The molecule has 0 bridgehead atoms. The summed E-state index contributed by atoms with van der Waals surface area (Å²) in [5.41, 5.74) is 0.228. The van der Waals surface area contributed by atoms with Gasteiger partial charge >= 0.3 is 18.3 Å². The fourth-order valence-corrected chi connectivity index (χ4v) is 4.03. The Hall–Kier alpha value is -3.05. The Labute approximate surface area is 213 Å². The largest absolute Gasteiger partial charge is 0.490 e. The minimum Gasteiger partial charge on any atom is -0.489 e. The highest BCUT2D eigenvalue weighted by Gasteiger charge is 2.38. The first-order valence-corrected chi connectivity index (χ1v) is 11.6. The van der Waals surface area contributed by atoms with Crippen LogP contribution in [0.5, 0.6) is 5.75 Å². The van der Waals surface area contributed by atoms with Crippen molar-refractivity contribution in [1.29, 1.82) is 0 Å². The van der Waals surface area contributed by atoms with E-state index < -0.39 is 23.9 Å². The molecule has 0 saturated heterocycles. The smallest absolute Gasteiger partial charge is 0.489 e. The molecule has 0 unspecified atom stereocenters. The minimum atomic E-state index is -5.08. The minimum absolute atomic E-state index is 0.103. The third-order valence-electron chi connectivity index (χ3n) is 5.78. The SMILES string of the molecule is FC(F)(F)c1ccc(CNC2CCC(Oc3cc4ccncc4cc3Cl)CC2)cc1.O=C(O)C(F)(F)F. The number of carboxylic acid groups (broad SMARTS) is 1. The van der Waals surface area contributed by atoms with Crippen molar-refractivity contribution in [2.24, 2.45) is 0 Å². The van der Waals surface area contributed by atoms with Gasteiger partial charge in [-0.1, -0.05) is 23.7 Å². The van der Waals surface area contributed by atoms with E-state index in [2.05, 4.69) is 10.3 Å². The normalized spacial score (nSPS) is 18.1. The van der Waals surface area contributed by atoms with Crippen LogP contribution in [0.1, 0.15) is 36.8 Å². The number of fused-ring (bicyclic) bond motifs is 1. The molecule has 1 fully saturated rings. The average Bonchev–Trinajstić information content (AvgIpc) is 2.83. The number of alkyl halides is 6. The molecule has 0 aliphatic heterocycles. The van der Waals surface area contributed by atoms with Gasteiger partial charge in [0.15, 0.2) is 0 Å². The number of carbonyl (C=O) groups is 1. The van der Waals surface area contributed by atoms with Crippen molar-refractivity contribution in [3.63, 3.8) is 0 Å². The lowest BCUT2D eigenvalue weighted by Crippen LogP contribution is -2.36. The van der Waals surface area contributed by atoms with Gasteiger partial charge in [-0.25, -0.2) is 4.79 Å². The van der Waals surface area contributed by atoms with Gasteiger partial charge in [0.25, 0.3) is 0 Å². The van der Waals surface area contributed by atoms with Gasteiger partial charge in [-0.2, -0.15) is 26.3 Å². The summed E-state index contributed by atoms with van der Waals surface area (Å²) in [4.78, 5) is 13.0. The van der Waals surface area contributed by atoms with Crippen LogP contribution in [0.2, 0.25) is 5.02 Å². The van der Waals surface area contributed by atoms with Gasteiger partial charge in [0, 0.05) is 30.4 Å². The van der Waals surface area contributed by atoms with E-state index in [1.165, 1.54) is 12.1 Å². The molecule has 1 aliphatic rings. The Balaban J connectivity index is 0.000000479. The van der Waals surface area contributed by atoms with Gasteiger partial charge in [0.1, 0.15) is 5.75 Å². The zero-order chi connectivity index (χ0) is 27.2. The maximum atomic E-state index is 12.7. The molecule has 0 atom stereocenters. The molecule has 0 amide bonds. The van der Waals surface area contributed by atoms with Crippen molar-refractivity contribution in [2.45, 2.75) is 56.7 Å². The van der Waals surface area contributed by atoms with Crippen molar-refractivity contribution >= 4 is 28.3 Å². The lowest BCUT2D eigenvalue weighted by molar-refractivity contribution is -0.192. The highest BCUT2D eigenvalue weighted by atomic mass is 35.5. The zero-order valence-electron chi connectivity index (χ0n) is 19.2. The Morgan fingerprint density at radius 1 is 1.00 bits per heavy atom. The molecule has 3 aromatic rings. The number of hydrogen-bond donors (Lipinski definition) is 2. The number of benzene rings is 2. The molecule has 0 radical (unpaired) electrons. The van der Waals surface area contributed by atoms with E-state index in [9.17, 15) is 26.3 Å². The lowest BCUT2D eigenvalue weighted by atomic mass is 9.92. The summed E-state index contributed by atoms with van der Waals surface area (Å²) >= 11 is 6.37. The quantitative estimate of drug-likeness (QED) is 0.335. The second-order valence-corrected chi connectivity index (χ2v) is 8.88. The molecular formula is C25H23ClF6N2O3. The molecule has 1 saturated carbocycles. The summed E-state index contributed by atoms with van der Waals surface area (Å²) in [6.07, 6.45) is -2.07. The molecule has 1 aromatic heterocycles. The van der Waals surface area contributed by atoms with Gasteiger partial charge in [-0.15, -0.1) is 0 Å². The number of pyridine rings is 1. The van der Waals surface area contributed by atoms with Crippen molar-refractivity contribution in [2.75, 3.05) is 0 Å². The molecule has 4 rings (SSSR count). The average molecular weight is 549 g/mol. The standard InChI is InChI=1S/C23H22ClF3N2O.C2HF3O2/c24-21-11-17-14-28-10-9-16(17)12-22(21)30-20-7-5-19(6-8-20)29-13-15-1-3-18(4-2-15)23(25,26)27;3-2(4,5)1(6)7/h1-4,9-12,14,19-20,29H,5-8,13H2;(H,6,7). The summed E-state index contributed by atoms with van der Waals surface area (Å²) in [6, 6.07) is 11.4. The number of nitrogens with zero attached hydrogens (tertiary/aromatic N) is 1. The fraction of sp³-hybridized carbons (Fsp3) is 0.360. The maximum Gasteiger partial charge on any atom is 0.490 e. The van der Waals surface area contributed by atoms with Crippen LogP contribution in [0.4, 0.5) is 26.3 Å². The van der Waals surface area contributed by atoms with Gasteiger partial charge in [-0.3, -0.25) is 4.98 Å². The number of rotatable bonds is 5. The van der Waals surface area contributed by atoms with Crippen LogP contribution >= 0.6 is 11.6 Å². The number of halogens is 7. The Morgan fingerprint density at radius 3 is 2.19 bits per heavy atom. The predicted molar refractivity (Wildman–Crippen MR) is 125 cm³/mol. The van der Waals surface area contributed by atoms with E-state index in [0.717, 1.165) is 54.2 Å². The van der Waals surface area contributed by atoms with Gasteiger partial charge < -0.3 is 15.2 Å². The van der Waals surface area contributed by atoms with Crippen molar-refractivity contribution in [1.82, 2.24) is 10.3 Å². The van der Waals surface area contributed by atoms with E-state index in [-0.39, 0.29) is 6.10 Å². The maximum absolute atomic E-state index is 12.7. The first-order chi connectivity index (χ1) is 17.3. The monoisotopic (exact) mass is 548 g/mol. The van der Waals surface area contributed by atoms with Crippen LogP contribution in [0.3, 0.4) is 0 Å². The van der Waals surface area contributed by atoms with Gasteiger partial charge in [0.05, 0.1) is 16.7 Å². The lowest BCUT2D eigenvalue weighted by Gasteiger charge is -2.30. The van der Waals surface area contributed by atoms with Crippen LogP contribution in [0.15, 0.2) is 54.9 Å². The van der Waals surface area contributed by atoms with Crippen LogP contribution in [0, 0.1) is 0 Å². The Bertz CT molecular complexity index is 1190. The number of hydrogen-bond acceptors (Lipinski definition) is 4. The second-order valence-electron chi connectivity index (χ2n) is 8.48. The van der Waals surface area contributed by atoms with Crippen molar-refractivity contribution in [3.05, 3.63) is 71.0 Å². The van der Waals surface area contributed by atoms with E-state index in [1.807, 2.05) is 18.2 Å². The predicted octanol–water partition coefficient (Wildman–Crippen LogP) is 7.02. The molecule has 5 nitrogen and oxygen atoms in total.